The zero-order valence-electron chi connectivity index (χ0n) is 14.6. The summed E-state index contributed by atoms with van der Waals surface area (Å²) in [6.45, 7) is 3.89. The molecule has 1 aromatic heterocycles. The van der Waals surface area contributed by atoms with Crippen LogP contribution < -0.4 is 5.32 Å². The molecule has 5 nitrogen and oxygen atoms in total. The fourth-order valence-corrected chi connectivity index (χ4v) is 2.57. The first-order valence-electron chi connectivity index (χ1n) is 8.09. The van der Waals surface area contributed by atoms with Gasteiger partial charge in [-0.3, -0.25) is 10.1 Å². The lowest BCUT2D eigenvalue weighted by Crippen LogP contribution is -2.15. The zero-order chi connectivity index (χ0) is 19.6. The molecule has 2 aromatic carbocycles. The predicted octanol–water partition coefficient (Wildman–Crippen LogP) is 4.55. The van der Waals surface area contributed by atoms with Crippen LogP contribution in [0.5, 0.6) is 0 Å². The predicted molar refractivity (Wildman–Crippen MR) is 93.0 cm³/mol. The van der Waals surface area contributed by atoms with Crippen LogP contribution in [0.25, 0.3) is 11.5 Å². The third kappa shape index (κ3) is 4.52. The van der Waals surface area contributed by atoms with Gasteiger partial charge in [0.2, 0.25) is 11.8 Å². The first-order valence-corrected chi connectivity index (χ1v) is 8.09. The molecule has 0 unspecified atom stereocenters. The molecule has 3 rings (SSSR count). The second kappa shape index (κ2) is 7.22. The van der Waals surface area contributed by atoms with Crippen molar-refractivity contribution < 1.29 is 22.4 Å². The quantitative estimate of drug-likeness (QED) is 0.726. The van der Waals surface area contributed by atoms with Crippen LogP contribution in [0.15, 0.2) is 46.9 Å². The summed E-state index contributed by atoms with van der Waals surface area (Å²) in [5.41, 5.74) is 2.54. The van der Waals surface area contributed by atoms with Gasteiger partial charge in [-0.2, -0.15) is 13.2 Å². The lowest BCUT2D eigenvalue weighted by atomic mass is 10.0. The van der Waals surface area contributed by atoms with Gasteiger partial charge in [0.1, 0.15) is 0 Å². The average molecular weight is 375 g/mol. The van der Waals surface area contributed by atoms with Crippen LogP contribution in [-0.2, 0) is 17.4 Å². The Labute approximate surface area is 153 Å². The second-order valence-corrected chi connectivity index (χ2v) is 6.14. The van der Waals surface area contributed by atoms with Crippen molar-refractivity contribution in [3.8, 4) is 11.5 Å². The molecule has 0 saturated heterocycles. The molecule has 0 fully saturated rings. The van der Waals surface area contributed by atoms with Crippen molar-refractivity contribution in [1.82, 2.24) is 10.2 Å². The summed E-state index contributed by atoms with van der Waals surface area (Å²) in [6, 6.07) is 10.00. The molecule has 1 amide bonds. The fourth-order valence-electron chi connectivity index (χ4n) is 2.57. The van der Waals surface area contributed by atoms with Crippen molar-refractivity contribution in [1.29, 1.82) is 0 Å². The summed E-state index contributed by atoms with van der Waals surface area (Å²) in [4.78, 5) is 12.2. The molecule has 0 aliphatic carbocycles. The number of hydrogen-bond donors (Lipinski definition) is 1. The fraction of sp³-hybridized carbons (Fsp3) is 0.211. The summed E-state index contributed by atoms with van der Waals surface area (Å²) in [5.74, 6) is -0.310. The molecule has 8 heteroatoms. The van der Waals surface area contributed by atoms with E-state index in [0.717, 1.165) is 28.8 Å². The number of aryl methyl sites for hydroxylation is 2. The number of aromatic nitrogens is 2. The standard InChI is InChI=1S/C19H16F3N3O2/c1-11-3-4-14(12(2)9-11)10-16(26)23-18-25-24-17(27-18)13-5-7-15(8-6-13)19(20,21)22/h3-9H,10H2,1-2H3,(H,23,25,26). The van der Waals surface area contributed by atoms with Crippen molar-refractivity contribution in [2.24, 2.45) is 0 Å². The number of benzene rings is 2. The maximum atomic E-state index is 12.6. The van der Waals surface area contributed by atoms with E-state index in [1.54, 1.807) is 0 Å². The van der Waals surface area contributed by atoms with Crippen LogP contribution in [0.2, 0.25) is 0 Å². The van der Waals surface area contributed by atoms with Gasteiger partial charge in [-0.15, -0.1) is 5.10 Å². The number of nitrogens with zero attached hydrogens (tertiary/aromatic N) is 2. The second-order valence-electron chi connectivity index (χ2n) is 6.14. The van der Waals surface area contributed by atoms with E-state index in [1.165, 1.54) is 12.1 Å². The lowest BCUT2D eigenvalue weighted by Gasteiger charge is -2.06. The number of anilines is 1. The molecular weight excluding hydrogens is 359 g/mol. The maximum absolute atomic E-state index is 12.6. The highest BCUT2D eigenvalue weighted by atomic mass is 19.4. The van der Waals surface area contributed by atoms with Crippen LogP contribution in [0, 0.1) is 13.8 Å². The lowest BCUT2D eigenvalue weighted by molar-refractivity contribution is -0.137. The summed E-state index contributed by atoms with van der Waals surface area (Å²) in [5, 5.41) is 9.96. The summed E-state index contributed by atoms with van der Waals surface area (Å²) < 4.78 is 43.1. The molecule has 0 bridgehead atoms. The van der Waals surface area contributed by atoms with Crippen molar-refractivity contribution in [2.75, 3.05) is 5.32 Å². The van der Waals surface area contributed by atoms with Crippen LogP contribution in [0.1, 0.15) is 22.3 Å². The van der Waals surface area contributed by atoms with Crippen molar-refractivity contribution >= 4 is 11.9 Å². The van der Waals surface area contributed by atoms with E-state index in [1.807, 2.05) is 32.0 Å². The average Bonchev–Trinajstić information content (AvgIpc) is 3.05. The minimum atomic E-state index is -4.42. The minimum Gasteiger partial charge on any atom is -0.403 e. The van der Waals surface area contributed by atoms with Gasteiger partial charge >= 0.3 is 12.2 Å². The topological polar surface area (TPSA) is 68.0 Å². The molecule has 0 radical (unpaired) electrons. The molecule has 0 aliphatic rings. The summed E-state index contributed by atoms with van der Waals surface area (Å²) >= 11 is 0. The van der Waals surface area contributed by atoms with E-state index in [0.29, 0.717) is 5.56 Å². The van der Waals surface area contributed by atoms with E-state index < -0.39 is 11.7 Å². The third-order valence-corrected chi connectivity index (χ3v) is 3.98. The Morgan fingerprint density at radius 1 is 1.07 bits per heavy atom. The number of rotatable bonds is 4. The molecule has 1 heterocycles. The van der Waals surface area contributed by atoms with Crippen LogP contribution in [0.3, 0.4) is 0 Å². The SMILES string of the molecule is Cc1ccc(CC(=O)Nc2nnc(-c3ccc(C(F)(F)F)cc3)o2)c(C)c1. The molecule has 27 heavy (non-hydrogen) atoms. The van der Waals surface area contributed by atoms with Gasteiger partial charge in [-0.1, -0.05) is 28.9 Å². The Balaban J connectivity index is 1.68. The summed E-state index contributed by atoms with van der Waals surface area (Å²) in [6.07, 6.45) is -4.27. The van der Waals surface area contributed by atoms with Gasteiger partial charge < -0.3 is 4.42 Å². The van der Waals surface area contributed by atoms with Crippen LogP contribution >= 0.6 is 0 Å². The van der Waals surface area contributed by atoms with Crippen molar-refractivity contribution in [3.05, 3.63) is 64.7 Å². The third-order valence-electron chi connectivity index (χ3n) is 3.98. The Hall–Kier alpha value is -3.16. The van der Waals surface area contributed by atoms with E-state index in [-0.39, 0.29) is 24.2 Å². The van der Waals surface area contributed by atoms with Crippen molar-refractivity contribution in [3.63, 3.8) is 0 Å². The van der Waals surface area contributed by atoms with Gasteiger partial charge in [-0.25, -0.2) is 0 Å². The number of carbonyl (C=O) groups is 1. The molecule has 0 atom stereocenters. The molecule has 140 valence electrons. The van der Waals surface area contributed by atoms with Gasteiger partial charge in [0, 0.05) is 5.56 Å². The number of hydrogen-bond acceptors (Lipinski definition) is 4. The van der Waals surface area contributed by atoms with Crippen LogP contribution in [0.4, 0.5) is 19.2 Å². The highest BCUT2D eigenvalue weighted by Crippen LogP contribution is 2.30. The highest BCUT2D eigenvalue weighted by molar-refractivity contribution is 5.90. The number of halogens is 3. The Bertz CT molecular complexity index is 963. The number of carbonyl (C=O) groups excluding carboxylic acids is 1. The van der Waals surface area contributed by atoms with E-state index in [2.05, 4.69) is 15.5 Å². The molecule has 3 aromatic rings. The van der Waals surface area contributed by atoms with E-state index >= 15 is 0 Å². The largest absolute Gasteiger partial charge is 0.416 e. The maximum Gasteiger partial charge on any atom is 0.416 e. The van der Waals surface area contributed by atoms with E-state index in [4.69, 9.17) is 4.42 Å². The van der Waals surface area contributed by atoms with Gasteiger partial charge in [-0.05, 0) is 49.2 Å². The normalized spacial score (nSPS) is 11.4. The number of nitrogens with one attached hydrogen (secondary N) is 1. The minimum absolute atomic E-state index is 0.0190. The highest BCUT2D eigenvalue weighted by Gasteiger charge is 2.30. The zero-order valence-corrected chi connectivity index (χ0v) is 14.6. The first-order chi connectivity index (χ1) is 12.7. The molecule has 1 N–H and O–H groups in total. The molecular formula is C19H16F3N3O2. The Kier molecular flexibility index (Phi) is 4.98. The van der Waals surface area contributed by atoms with Gasteiger partial charge in [0.15, 0.2) is 0 Å². The Morgan fingerprint density at radius 2 is 1.78 bits per heavy atom. The first kappa shape index (κ1) is 18.6. The molecule has 0 aliphatic heterocycles. The molecule has 0 spiro atoms. The monoisotopic (exact) mass is 375 g/mol. The van der Waals surface area contributed by atoms with E-state index in [9.17, 15) is 18.0 Å². The van der Waals surface area contributed by atoms with Gasteiger partial charge in [0.25, 0.3) is 0 Å². The van der Waals surface area contributed by atoms with Crippen molar-refractivity contribution in [2.45, 2.75) is 26.4 Å². The van der Waals surface area contributed by atoms with Gasteiger partial charge in [0.05, 0.1) is 12.0 Å². The summed E-state index contributed by atoms with van der Waals surface area (Å²) in [7, 11) is 0. The Morgan fingerprint density at radius 3 is 2.41 bits per heavy atom. The number of amides is 1. The number of alkyl halides is 3. The van der Waals surface area contributed by atoms with Crippen LogP contribution in [-0.4, -0.2) is 16.1 Å². The molecule has 0 saturated carbocycles. The smallest absolute Gasteiger partial charge is 0.403 e.